The molecular formula is C22H21N5O4S. The molecule has 1 fully saturated rings. The molecule has 1 saturated carbocycles. The second kappa shape index (κ2) is 8.40. The lowest BCUT2D eigenvalue weighted by atomic mass is 10.0. The summed E-state index contributed by atoms with van der Waals surface area (Å²) < 4.78 is 23.7. The van der Waals surface area contributed by atoms with Crippen molar-refractivity contribution < 1.29 is 18.4 Å². The summed E-state index contributed by atoms with van der Waals surface area (Å²) in [6.45, 7) is 0. The van der Waals surface area contributed by atoms with Gasteiger partial charge in [0.1, 0.15) is 5.82 Å². The maximum Gasteiger partial charge on any atom is 0.238 e. The van der Waals surface area contributed by atoms with Crippen LogP contribution in [0.15, 0.2) is 70.8 Å². The predicted octanol–water partition coefficient (Wildman–Crippen LogP) is 2.53. The molecule has 1 aliphatic carbocycles. The highest BCUT2D eigenvalue weighted by Crippen LogP contribution is 2.49. The molecule has 10 heteroatoms. The zero-order valence-corrected chi connectivity index (χ0v) is 17.7. The first-order valence-electron chi connectivity index (χ1n) is 9.74. The van der Waals surface area contributed by atoms with Crippen molar-refractivity contribution in [1.82, 2.24) is 4.98 Å². The number of carbonyl (C=O) groups is 1. The summed E-state index contributed by atoms with van der Waals surface area (Å²) in [6.07, 6.45) is 3.40. The van der Waals surface area contributed by atoms with Crippen molar-refractivity contribution in [2.24, 2.45) is 16.2 Å². The quantitative estimate of drug-likeness (QED) is 0.195. The highest BCUT2D eigenvalue weighted by molar-refractivity contribution is 7.89. The highest BCUT2D eigenvalue weighted by Gasteiger charge is 2.45. The van der Waals surface area contributed by atoms with Crippen molar-refractivity contribution in [1.29, 1.82) is 0 Å². The Bertz CT molecular complexity index is 1310. The molecule has 0 saturated heterocycles. The smallest absolute Gasteiger partial charge is 0.238 e. The maximum absolute atomic E-state index is 12.7. The number of hydrogen-bond acceptors (Lipinski definition) is 7. The lowest BCUT2D eigenvalue weighted by Crippen LogP contribution is -2.16. The first-order chi connectivity index (χ1) is 15.3. The van der Waals surface area contributed by atoms with Gasteiger partial charge in [0.2, 0.25) is 15.9 Å². The van der Waals surface area contributed by atoms with Gasteiger partial charge in [0, 0.05) is 34.5 Å². The standard InChI is InChI=1S/C22H21N5O4S/c23-19-6-3-5-15(18(19)12-26-29)16-10-17(16)22(28)27-21-9-8-13(11-25-21)14-4-1-2-7-20(14)32(24,30)31/h1-9,11-12,16-17,29H,10,23H2,(H2,24,30,31)(H,25,27,28)/t16-,17-/m1/s1. The number of nitrogens with one attached hydrogen (secondary N) is 1. The van der Waals surface area contributed by atoms with Gasteiger partial charge in [-0.05, 0) is 42.2 Å². The number of nitrogens with zero attached hydrogens (tertiary/aromatic N) is 2. The summed E-state index contributed by atoms with van der Waals surface area (Å²) in [5.41, 5.74) is 8.88. The monoisotopic (exact) mass is 451 g/mol. The number of nitrogen functional groups attached to an aromatic ring is 1. The van der Waals surface area contributed by atoms with E-state index in [1.807, 2.05) is 6.07 Å². The largest absolute Gasteiger partial charge is 0.411 e. The van der Waals surface area contributed by atoms with Crippen molar-refractivity contribution in [3.05, 3.63) is 71.9 Å². The molecule has 1 amide bonds. The fraction of sp³-hybridized carbons (Fsp3) is 0.136. The van der Waals surface area contributed by atoms with Crippen LogP contribution in [0.2, 0.25) is 0 Å². The second-order valence-electron chi connectivity index (χ2n) is 7.51. The average Bonchev–Trinajstić information content (AvgIpc) is 3.56. The van der Waals surface area contributed by atoms with Crippen molar-refractivity contribution in [2.45, 2.75) is 17.2 Å². The molecule has 1 aliphatic rings. The third-order valence-corrected chi connectivity index (χ3v) is 6.38. The lowest BCUT2D eigenvalue weighted by molar-refractivity contribution is -0.117. The molecule has 32 heavy (non-hydrogen) atoms. The number of sulfonamides is 1. The number of aromatic nitrogens is 1. The molecule has 3 aromatic rings. The summed E-state index contributed by atoms with van der Waals surface area (Å²) in [7, 11) is -3.89. The maximum atomic E-state index is 12.7. The highest BCUT2D eigenvalue weighted by atomic mass is 32.2. The molecular weight excluding hydrogens is 430 g/mol. The van der Waals surface area contributed by atoms with E-state index >= 15 is 0 Å². The Morgan fingerprint density at radius 2 is 1.94 bits per heavy atom. The summed E-state index contributed by atoms with van der Waals surface area (Å²) in [6, 6.07) is 15.0. The van der Waals surface area contributed by atoms with E-state index in [-0.39, 0.29) is 22.6 Å². The van der Waals surface area contributed by atoms with Crippen molar-refractivity contribution in [3.63, 3.8) is 0 Å². The summed E-state index contributed by atoms with van der Waals surface area (Å²) >= 11 is 0. The van der Waals surface area contributed by atoms with Gasteiger partial charge in [0.25, 0.3) is 0 Å². The Labute approximate surface area is 184 Å². The Morgan fingerprint density at radius 1 is 1.16 bits per heavy atom. The molecule has 2 aromatic carbocycles. The molecule has 4 rings (SSSR count). The van der Waals surface area contributed by atoms with E-state index in [0.29, 0.717) is 34.6 Å². The third-order valence-electron chi connectivity index (χ3n) is 5.41. The van der Waals surface area contributed by atoms with Crippen LogP contribution in [-0.4, -0.2) is 30.7 Å². The van der Waals surface area contributed by atoms with Crippen LogP contribution in [0.4, 0.5) is 11.5 Å². The van der Waals surface area contributed by atoms with E-state index in [1.54, 1.807) is 42.5 Å². The number of primary sulfonamides is 1. The van der Waals surface area contributed by atoms with Crippen LogP contribution in [0, 0.1) is 5.92 Å². The Hall–Kier alpha value is -3.76. The topological polar surface area (TPSA) is 161 Å². The van der Waals surface area contributed by atoms with Gasteiger partial charge in [-0.2, -0.15) is 0 Å². The Morgan fingerprint density at radius 3 is 2.62 bits per heavy atom. The van der Waals surface area contributed by atoms with Crippen LogP contribution in [0.5, 0.6) is 0 Å². The predicted molar refractivity (Wildman–Crippen MR) is 121 cm³/mol. The van der Waals surface area contributed by atoms with Gasteiger partial charge in [-0.1, -0.05) is 35.5 Å². The molecule has 6 N–H and O–H groups in total. The van der Waals surface area contributed by atoms with Gasteiger partial charge in [0.15, 0.2) is 0 Å². The number of hydrogen-bond donors (Lipinski definition) is 4. The fourth-order valence-electron chi connectivity index (χ4n) is 3.76. The molecule has 0 radical (unpaired) electrons. The summed E-state index contributed by atoms with van der Waals surface area (Å²) in [5, 5.41) is 20.0. The van der Waals surface area contributed by atoms with Crippen LogP contribution < -0.4 is 16.2 Å². The van der Waals surface area contributed by atoms with E-state index in [2.05, 4.69) is 15.5 Å². The minimum absolute atomic E-state index is 0.00349. The van der Waals surface area contributed by atoms with Crippen LogP contribution in [0.25, 0.3) is 11.1 Å². The Kier molecular flexibility index (Phi) is 5.64. The van der Waals surface area contributed by atoms with Gasteiger partial charge >= 0.3 is 0 Å². The summed E-state index contributed by atoms with van der Waals surface area (Å²) in [5.74, 6) is -0.128. The summed E-state index contributed by atoms with van der Waals surface area (Å²) in [4.78, 5) is 16.9. The third kappa shape index (κ3) is 4.32. The number of anilines is 2. The minimum atomic E-state index is -3.89. The molecule has 9 nitrogen and oxygen atoms in total. The number of benzene rings is 2. The van der Waals surface area contributed by atoms with E-state index < -0.39 is 10.0 Å². The van der Waals surface area contributed by atoms with Crippen molar-refractivity contribution in [2.75, 3.05) is 11.1 Å². The molecule has 0 unspecified atom stereocenters. The van der Waals surface area contributed by atoms with Gasteiger partial charge in [-0.25, -0.2) is 18.5 Å². The number of carbonyl (C=O) groups excluding carboxylic acids is 1. The molecule has 1 aromatic heterocycles. The van der Waals surface area contributed by atoms with Gasteiger partial charge in [-0.3, -0.25) is 4.79 Å². The van der Waals surface area contributed by atoms with Crippen molar-refractivity contribution >= 4 is 33.7 Å². The minimum Gasteiger partial charge on any atom is -0.411 e. The van der Waals surface area contributed by atoms with E-state index in [4.69, 9.17) is 16.1 Å². The number of pyridine rings is 1. The number of oxime groups is 1. The van der Waals surface area contributed by atoms with Crippen molar-refractivity contribution in [3.8, 4) is 11.1 Å². The van der Waals surface area contributed by atoms with Crippen LogP contribution in [0.3, 0.4) is 0 Å². The molecule has 164 valence electrons. The van der Waals surface area contributed by atoms with Crippen LogP contribution in [-0.2, 0) is 14.8 Å². The number of amides is 1. The molecule has 1 heterocycles. The van der Waals surface area contributed by atoms with Gasteiger partial charge in [-0.15, -0.1) is 0 Å². The number of nitrogens with two attached hydrogens (primary N) is 2. The second-order valence-corrected chi connectivity index (χ2v) is 9.04. The SMILES string of the molecule is Nc1cccc([C@H]2C[C@H]2C(=O)Nc2ccc(-c3ccccc3S(N)(=O)=O)cn2)c1C=NO. The van der Waals surface area contributed by atoms with Crippen LogP contribution >= 0.6 is 0 Å². The van der Waals surface area contributed by atoms with Gasteiger partial charge < -0.3 is 16.3 Å². The van der Waals surface area contributed by atoms with Gasteiger partial charge in [0.05, 0.1) is 11.1 Å². The normalized spacial score (nSPS) is 17.9. The first kappa shape index (κ1) is 21.5. The zero-order valence-electron chi connectivity index (χ0n) is 16.8. The molecule has 0 spiro atoms. The zero-order chi connectivity index (χ0) is 22.9. The molecule has 2 atom stereocenters. The van der Waals surface area contributed by atoms with E-state index in [0.717, 1.165) is 5.56 Å². The van der Waals surface area contributed by atoms with E-state index in [9.17, 15) is 13.2 Å². The first-order valence-corrected chi connectivity index (χ1v) is 11.3. The van der Waals surface area contributed by atoms with E-state index in [1.165, 1.54) is 18.5 Å². The Balaban J connectivity index is 1.48. The molecule has 0 bridgehead atoms. The van der Waals surface area contributed by atoms with Crippen LogP contribution in [0.1, 0.15) is 23.5 Å². The molecule has 0 aliphatic heterocycles. The lowest BCUT2D eigenvalue weighted by Gasteiger charge is -2.10. The number of rotatable bonds is 6. The average molecular weight is 452 g/mol. The fourth-order valence-corrected chi connectivity index (χ4v) is 4.52.